The summed E-state index contributed by atoms with van der Waals surface area (Å²) in [5.74, 6) is -0.332. The molecule has 0 radical (unpaired) electrons. The summed E-state index contributed by atoms with van der Waals surface area (Å²) < 4.78 is 0. The highest BCUT2D eigenvalue weighted by Gasteiger charge is 2.13. The zero-order chi connectivity index (χ0) is 12.3. The SMILES string of the molecule is C.C.CCC(C)CC(C)C(=O)O.O=CNCO. The van der Waals surface area contributed by atoms with Crippen LogP contribution in [0.2, 0.25) is 0 Å². The Hall–Kier alpha value is -1.10. The number of hydrogen-bond donors (Lipinski definition) is 3. The number of aliphatic carboxylic acids is 1. The maximum absolute atomic E-state index is 10.4. The first kappa shape index (κ1) is 24.9. The molecule has 0 aliphatic carbocycles. The first-order chi connectivity index (χ1) is 6.99. The number of rotatable bonds is 6. The molecule has 0 aromatic rings. The Morgan fingerprint density at radius 2 is 1.82 bits per heavy atom. The van der Waals surface area contributed by atoms with Crippen LogP contribution in [0.1, 0.15) is 48.5 Å². The van der Waals surface area contributed by atoms with Crippen molar-refractivity contribution in [2.45, 2.75) is 48.5 Å². The van der Waals surface area contributed by atoms with Crippen LogP contribution in [0.25, 0.3) is 0 Å². The first-order valence-electron chi connectivity index (χ1n) is 5.00. The van der Waals surface area contributed by atoms with Gasteiger partial charge in [-0.15, -0.1) is 0 Å². The molecule has 2 unspecified atom stereocenters. The highest BCUT2D eigenvalue weighted by atomic mass is 16.4. The second kappa shape index (κ2) is 17.3. The van der Waals surface area contributed by atoms with Crippen LogP contribution in [0.3, 0.4) is 0 Å². The number of aliphatic hydroxyl groups excluding tert-OH is 1. The fourth-order valence-electron chi connectivity index (χ4n) is 0.908. The molecule has 5 heteroatoms. The average Bonchev–Trinajstić information content (AvgIpc) is 2.19. The molecule has 3 N–H and O–H groups in total. The summed E-state index contributed by atoms with van der Waals surface area (Å²) >= 11 is 0. The van der Waals surface area contributed by atoms with Crippen molar-refractivity contribution in [3.05, 3.63) is 0 Å². The third kappa shape index (κ3) is 20.9. The van der Waals surface area contributed by atoms with Crippen molar-refractivity contribution >= 4 is 12.4 Å². The molecule has 106 valence electrons. The molecule has 0 aromatic heterocycles. The molecule has 0 saturated carbocycles. The van der Waals surface area contributed by atoms with E-state index in [1.54, 1.807) is 6.92 Å². The Morgan fingerprint density at radius 1 is 1.35 bits per heavy atom. The smallest absolute Gasteiger partial charge is 0.306 e. The van der Waals surface area contributed by atoms with Crippen molar-refractivity contribution in [1.29, 1.82) is 0 Å². The summed E-state index contributed by atoms with van der Waals surface area (Å²) in [6.07, 6.45) is 2.30. The van der Waals surface area contributed by atoms with Crippen LogP contribution in [0.5, 0.6) is 0 Å². The van der Waals surface area contributed by atoms with Gasteiger partial charge < -0.3 is 15.5 Å². The van der Waals surface area contributed by atoms with Crippen LogP contribution in [0.4, 0.5) is 0 Å². The number of hydrogen-bond acceptors (Lipinski definition) is 3. The van der Waals surface area contributed by atoms with Gasteiger partial charge in [0, 0.05) is 0 Å². The van der Waals surface area contributed by atoms with Crippen LogP contribution in [-0.2, 0) is 9.59 Å². The fourth-order valence-corrected chi connectivity index (χ4v) is 0.908. The zero-order valence-electron chi connectivity index (χ0n) is 9.56. The summed E-state index contributed by atoms with van der Waals surface area (Å²) in [5, 5.41) is 18.2. The quantitative estimate of drug-likeness (QED) is 0.498. The number of amides is 1. The van der Waals surface area contributed by atoms with Gasteiger partial charge >= 0.3 is 5.97 Å². The largest absolute Gasteiger partial charge is 0.481 e. The molecule has 0 aliphatic rings. The minimum atomic E-state index is -0.680. The van der Waals surface area contributed by atoms with Crippen molar-refractivity contribution in [2.24, 2.45) is 11.8 Å². The number of carboxylic acids is 1. The van der Waals surface area contributed by atoms with E-state index in [1.807, 2.05) is 5.32 Å². The molecule has 0 rings (SSSR count). The monoisotopic (exact) mass is 251 g/mol. The topological polar surface area (TPSA) is 86.6 Å². The molecular formula is C12H29NO4. The Labute approximate surface area is 105 Å². The summed E-state index contributed by atoms with van der Waals surface area (Å²) in [4.78, 5) is 19.5. The Morgan fingerprint density at radius 3 is 2.00 bits per heavy atom. The van der Waals surface area contributed by atoms with Gasteiger partial charge in [0.15, 0.2) is 0 Å². The number of carbonyl (C=O) groups excluding carboxylic acids is 1. The predicted octanol–water partition coefficient (Wildman–Crippen LogP) is 2.10. The summed E-state index contributed by atoms with van der Waals surface area (Å²) in [5.41, 5.74) is 0. The Balaban J connectivity index is -0.000000105. The minimum Gasteiger partial charge on any atom is -0.481 e. The maximum Gasteiger partial charge on any atom is 0.306 e. The summed E-state index contributed by atoms with van der Waals surface area (Å²) in [6.45, 7) is 5.65. The molecule has 0 saturated heterocycles. The lowest BCUT2D eigenvalue weighted by Gasteiger charge is -2.10. The molecule has 1 amide bonds. The van der Waals surface area contributed by atoms with Crippen molar-refractivity contribution < 1.29 is 19.8 Å². The van der Waals surface area contributed by atoms with Gasteiger partial charge in [0.25, 0.3) is 0 Å². The van der Waals surface area contributed by atoms with Gasteiger partial charge in [-0.1, -0.05) is 42.0 Å². The van der Waals surface area contributed by atoms with Crippen molar-refractivity contribution in [3.63, 3.8) is 0 Å². The lowest BCUT2D eigenvalue weighted by Crippen LogP contribution is -2.12. The van der Waals surface area contributed by atoms with Gasteiger partial charge in [0.2, 0.25) is 6.41 Å². The van der Waals surface area contributed by atoms with Gasteiger partial charge in [0.05, 0.1) is 5.92 Å². The van der Waals surface area contributed by atoms with E-state index in [1.165, 1.54) is 0 Å². The third-order valence-corrected chi connectivity index (χ3v) is 2.05. The molecule has 0 aromatic carbocycles. The summed E-state index contributed by atoms with van der Waals surface area (Å²) in [6, 6.07) is 0. The van der Waals surface area contributed by atoms with Crippen molar-refractivity contribution in [1.82, 2.24) is 5.32 Å². The molecule has 0 aliphatic heterocycles. The van der Waals surface area contributed by atoms with E-state index in [0.29, 0.717) is 12.3 Å². The lowest BCUT2D eigenvalue weighted by atomic mass is 9.96. The average molecular weight is 251 g/mol. The van der Waals surface area contributed by atoms with Crippen LogP contribution in [0.15, 0.2) is 0 Å². The molecule has 0 bridgehead atoms. The van der Waals surface area contributed by atoms with E-state index >= 15 is 0 Å². The van der Waals surface area contributed by atoms with Crippen LogP contribution < -0.4 is 5.32 Å². The van der Waals surface area contributed by atoms with Crippen molar-refractivity contribution in [2.75, 3.05) is 6.73 Å². The molecule has 0 heterocycles. The molecule has 5 nitrogen and oxygen atoms in total. The second-order valence-corrected chi connectivity index (χ2v) is 3.47. The van der Waals surface area contributed by atoms with E-state index < -0.39 is 5.97 Å². The molecular weight excluding hydrogens is 222 g/mol. The highest BCUT2D eigenvalue weighted by molar-refractivity contribution is 5.69. The number of carboxylic acid groups (broad SMARTS) is 1. The van der Waals surface area contributed by atoms with Gasteiger partial charge in [-0.2, -0.15) is 0 Å². The minimum absolute atomic E-state index is 0. The number of aliphatic hydroxyl groups is 1. The zero-order valence-corrected chi connectivity index (χ0v) is 9.56. The normalized spacial score (nSPS) is 11.5. The van der Waals surface area contributed by atoms with E-state index in [9.17, 15) is 4.79 Å². The van der Waals surface area contributed by atoms with Crippen LogP contribution >= 0.6 is 0 Å². The predicted molar refractivity (Wildman–Crippen MR) is 70.6 cm³/mol. The van der Waals surface area contributed by atoms with Gasteiger partial charge in [0.1, 0.15) is 6.73 Å². The number of nitrogens with one attached hydrogen (secondary N) is 1. The molecule has 2 atom stereocenters. The van der Waals surface area contributed by atoms with Gasteiger partial charge in [-0.25, -0.2) is 0 Å². The Kier molecular flexibility index (Phi) is 25.4. The maximum atomic E-state index is 10.4. The Bertz CT molecular complexity index is 174. The van der Waals surface area contributed by atoms with E-state index in [0.717, 1.165) is 12.8 Å². The second-order valence-electron chi connectivity index (χ2n) is 3.47. The highest BCUT2D eigenvalue weighted by Crippen LogP contribution is 2.14. The van der Waals surface area contributed by atoms with Crippen LogP contribution in [0, 0.1) is 11.8 Å². The first-order valence-corrected chi connectivity index (χ1v) is 5.00. The van der Waals surface area contributed by atoms with E-state index in [2.05, 4.69) is 13.8 Å². The van der Waals surface area contributed by atoms with Crippen LogP contribution in [-0.4, -0.2) is 29.3 Å². The van der Waals surface area contributed by atoms with E-state index in [4.69, 9.17) is 15.0 Å². The molecule has 17 heavy (non-hydrogen) atoms. The fraction of sp³-hybridized carbons (Fsp3) is 0.833. The van der Waals surface area contributed by atoms with Crippen molar-refractivity contribution in [3.8, 4) is 0 Å². The molecule has 0 fully saturated rings. The lowest BCUT2D eigenvalue weighted by molar-refractivity contribution is -0.141. The third-order valence-electron chi connectivity index (χ3n) is 2.05. The van der Waals surface area contributed by atoms with Gasteiger partial charge in [-0.3, -0.25) is 9.59 Å². The summed E-state index contributed by atoms with van der Waals surface area (Å²) in [7, 11) is 0. The standard InChI is InChI=1S/C8H16O2.C2H5NO2.2CH4/c1-4-6(2)5-7(3)8(9)10;4-1-3-2-5;;/h6-7H,4-5H2,1-3H3,(H,9,10);1,5H,2H2,(H,3,4);2*1H4. The number of carbonyl (C=O) groups is 2. The molecule has 0 spiro atoms. The van der Waals surface area contributed by atoms with Gasteiger partial charge in [-0.05, 0) is 12.3 Å². The van der Waals surface area contributed by atoms with E-state index in [-0.39, 0.29) is 27.5 Å².